The van der Waals surface area contributed by atoms with Crippen molar-refractivity contribution in [1.82, 2.24) is 14.8 Å². The summed E-state index contributed by atoms with van der Waals surface area (Å²) in [4.78, 5) is 4.98. The number of benzene rings is 2. The Morgan fingerprint density at radius 1 is 1.00 bits per heavy atom. The molecule has 3 aromatic rings. The van der Waals surface area contributed by atoms with Gasteiger partial charge in [0.25, 0.3) is 0 Å². The lowest BCUT2D eigenvalue weighted by molar-refractivity contribution is 0.185. The molecule has 6 rings (SSSR count). The minimum Gasteiger partial charge on any atom is -0.360 e. The molecule has 25 heavy (non-hydrogen) atoms. The molecule has 1 N–H and O–H groups in total. The van der Waals surface area contributed by atoms with E-state index in [9.17, 15) is 0 Å². The fraction of sp³-hybridized carbons (Fsp3) is 0.333. The molecular weight excluding hydrogens is 308 g/mol. The maximum Gasteiger partial charge on any atom is 0.181 e. The molecule has 4 nitrogen and oxygen atoms in total. The van der Waals surface area contributed by atoms with Gasteiger partial charge in [-0.3, -0.25) is 0 Å². The van der Waals surface area contributed by atoms with Gasteiger partial charge in [-0.05, 0) is 43.7 Å². The summed E-state index contributed by atoms with van der Waals surface area (Å²) >= 11 is 0. The van der Waals surface area contributed by atoms with Crippen molar-refractivity contribution in [3.63, 3.8) is 0 Å². The van der Waals surface area contributed by atoms with E-state index in [0.717, 1.165) is 35.1 Å². The van der Waals surface area contributed by atoms with Crippen LogP contribution < -0.4 is 5.32 Å². The molecule has 3 atom stereocenters. The molecule has 1 aromatic heterocycles. The lowest BCUT2D eigenvalue weighted by Gasteiger charge is -2.43. The summed E-state index contributed by atoms with van der Waals surface area (Å²) in [6, 6.07) is 18.8. The summed E-state index contributed by atoms with van der Waals surface area (Å²) in [5, 5.41) is 8.90. The zero-order valence-electron chi connectivity index (χ0n) is 14.0. The average Bonchev–Trinajstić information content (AvgIpc) is 3.37. The van der Waals surface area contributed by atoms with Crippen LogP contribution in [0.25, 0.3) is 22.8 Å². The van der Waals surface area contributed by atoms with Crippen LogP contribution in [0.1, 0.15) is 25.7 Å². The first kappa shape index (κ1) is 13.6. The summed E-state index contributed by atoms with van der Waals surface area (Å²) in [6.07, 6.45) is 5.14. The van der Waals surface area contributed by atoms with Crippen molar-refractivity contribution >= 4 is 5.69 Å². The SMILES string of the molecule is c1ccc(-c2nc3n(n2)C2(CC4CCC2C4)Nc2ccccc2-3)cc1. The third-order valence-corrected chi connectivity index (χ3v) is 6.35. The molecule has 0 radical (unpaired) electrons. The molecule has 2 bridgehead atoms. The van der Waals surface area contributed by atoms with E-state index >= 15 is 0 Å². The van der Waals surface area contributed by atoms with Gasteiger partial charge in [0.1, 0.15) is 5.66 Å². The van der Waals surface area contributed by atoms with Crippen LogP contribution in [-0.4, -0.2) is 14.8 Å². The van der Waals surface area contributed by atoms with Gasteiger partial charge in [-0.1, -0.05) is 42.5 Å². The summed E-state index contributed by atoms with van der Waals surface area (Å²) < 4.78 is 2.22. The van der Waals surface area contributed by atoms with Crippen LogP contribution in [0, 0.1) is 11.8 Å². The predicted octanol–water partition coefficient (Wildman–Crippen LogP) is 4.51. The summed E-state index contributed by atoms with van der Waals surface area (Å²) in [5.74, 6) is 3.31. The minimum atomic E-state index is -0.0906. The summed E-state index contributed by atoms with van der Waals surface area (Å²) in [5.41, 5.74) is 3.35. The largest absolute Gasteiger partial charge is 0.360 e. The third kappa shape index (κ3) is 1.77. The number of fused-ring (bicyclic) bond motifs is 7. The van der Waals surface area contributed by atoms with Crippen molar-refractivity contribution < 1.29 is 0 Å². The van der Waals surface area contributed by atoms with Crippen molar-refractivity contribution in [3.8, 4) is 22.8 Å². The molecule has 4 heteroatoms. The van der Waals surface area contributed by atoms with Crippen molar-refractivity contribution in [2.24, 2.45) is 11.8 Å². The Morgan fingerprint density at radius 2 is 1.84 bits per heavy atom. The highest BCUT2D eigenvalue weighted by atomic mass is 15.5. The summed E-state index contributed by atoms with van der Waals surface area (Å²) in [7, 11) is 0. The summed E-state index contributed by atoms with van der Waals surface area (Å²) in [6.45, 7) is 0. The number of anilines is 1. The van der Waals surface area contributed by atoms with E-state index in [1.54, 1.807) is 0 Å². The Morgan fingerprint density at radius 3 is 2.64 bits per heavy atom. The fourth-order valence-corrected chi connectivity index (χ4v) is 5.26. The molecule has 3 aliphatic rings. The van der Waals surface area contributed by atoms with Crippen LogP contribution in [0.2, 0.25) is 0 Å². The third-order valence-electron chi connectivity index (χ3n) is 6.35. The van der Waals surface area contributed by atoms with E-state index in [4.69, 9.17) is 10.1 Å². The maximum atomic E-state index is 5.02. The zero-order chi connectivity index (χ0) is 16.4. The first-order valence-electron chi connectivity index (χ1n) is 9.24. The highest BCUT2D eigenvalue weighted by molar-refractivity contribution is 5.78. The Hall–Kier alpha value is -2.62. The molecule has 2 saturated carbocycles. The van der Waals surface area contributed by atoms with E-state index in [0.29, 0.717) is 5.92 Å². The van der Waals surface area contributed by atoms with E-state index in [1.807, 2.05) is 6.07 Å². The monoisotopic (exact) mass is 328 g/mol. The van der Waals surface area contributed by atoms with Crippen LogP contribution in [0.5, 0.6) is 0 Å². The second-order valence-electron chi connectivity index (χ2n) is 7.71. The average molecular weight is 328 g/mol. The quantitative estimate of drug-likeness (QED) is 0.714. The molecule has 2 aromatic carbocycles. The number of aromatic nitrogens is 3. The first-order valence-corrected chi connectivity index (χ1v) is 9.24. The van der Waals surface area contributed by atoms with E-state index in [1.165, 1.54) is 24.9 Å². The maximum absolute atomic E-state index is 5.02. The Labute approximate surface area is 146 Å². The van der Waals surface area contributed by atoms with Gasteiger partial charge in [-0.15, -0.1) is 5.10 Å². The van der Waals surface area contributed by atoms with Crippen LogP contribution in [0.15, 0.2) is 54.6 Å². The van der Waals surface area contributed by atoms with Gasteiger partial charge in [-0.25, -0.2) is 9.67 Å². The highest BCUT2D eigenvalue weighted by Crippen LogP contribution is 2.57. The van der Waals surface area contributed by atoms with Crippen LogP contribution in [-0.2, 0) is 5.66 Å². The first-order chi connectivity index (χ1) is 12.3. The lowest BCUT2D eigenvalue weighted by atomic mass is 9.86. The molecule has 2 fully saturated rings. The van der Waals surface area contributed by atoms with E-state index < -0.39 is 0 Å². The highest BCUT2D eigenvalue weighted by Gasteiger charge is 2.55. The van der Waals surface area contributed by atoms with Crippen LogP contribution >= 0.6 is 0 Å². The van der Waals surface area contributed by atoms with E-state index in [-0.39, 0.29) is 5.66 Å². The minimum absolute atomic E-state index is 0.0906. The number of hydrogen-bond acceptors (Lipinski definition) is 3. The second kappa shape index (κ2) is 4.72. The number of para-hydroxylation sites is 1. The van der Waals surface area contributed by atoms with Gasteiger partial charge in [-0.2, -0.15) is 0 Å². The fourth-order valence-electron chi connectivity index (χ4n) is 5.26. The predicted molar refractivity (Wildman–Crippen MR) is 97.9 cm³/mol. The number of nitrogens with zero attached hydrogens (tertiary/aromatic N) is 3. The molecule has 2 heterocycles. The number of nitrogens with one attached hydrogen (secondary N) is 1. The van der Waals surface area contributed by atoms with Gasteiger partial charge < -0.3 is 5.32 Å². The normalized spacial score (nSPS) is 28.6. The molecule has 0 amide bonds. The van der Waals surface area contributed by atoms with Gasteiger partial charge in [0.05, 0.1) is 0 Å². The lowest BCUT2D eigenvalue weighted by Crippen LogP contribution is -2.49. The van der Waals surface area contributed by atoms with Gasteiger partial charge in [0, 0.05) is 22.7 Å². The van der Waals surface area contributed by atoms with Crippen molar-refractivity contribution in [2.45, 2.75) is 31.3 Å². The Balaban J connectivity index is 1.59. The molecule has 3 unspecified atom stereocenters. The standard InChI is InChI=1S/C21H20N4/c1-2-6-15(7-3-1)19-22-20-17-8-4-5-9-18(17)23-21(25(20)24-19)13-14-10-11-16(21)12-14/h1-9,14,16,23H,10-13H2. The van der Waals surface area contributed by atoms with Crippen LogP contribution in [0.3, 0.4) is 0 Å². The molecular formula is C21H20N4. The topological polar surface area (TPSA) is 42.7 Å². The molecule has 124 valence electrons. The smallest absolute Gasteiger partial charge is 0.181 e. The van der Waals surface area contributed by atoms with Gasteiger partial charge in [0.2, 0.25) is 0 Å². The molecule has 1 spiro atoms. The Bertz CT molecular complexity index is 961. The number of rotatable bonds is 1. The second-order valence-corrected chi connectivity index (χ2v) is 7.71. The molecule has 0 saturated heterocycles. The Kier molecular flexibility index (Phi) is 2.58. The molecule has 1 aliphatic heterocycles. The zero-order valence-corrected chi connectivity index (χ0v) is 14.0. The van der Waals surface area contributed by atoms with Crippen molar-refractivity contribution in [2.75, 3.05) is 5.32 Å². The van der Waals surface area contributed by atoms with Crippen molar-refractivity contribution in [1.29, 1.82) is 0 Å². The van der Waals surface area contributed by atoms with Gasteiger partial charge in [0.15, 0.2) is 11.6 Å². The molecule has 2 aliphatic carbocycles. The van der Waals surface area contributed by atoms with Crippen LogP contribution in [0.4, 0.5) is 5.69 Å². The van der Waals surface area contributed by atoms with Crippen molar-refractivity contribution in [3.05, 3.63) is 54.6 Å². The van der Waals surface area contributed by atoms with E-state index in [2.05, 4.69) is 58.5 Å². The van der Waals surface area contributed by atoms with Gasteiger partial charge >= 0.3 is 0 Å². The number of hydrogen-bond donors (Lipinski definition) is 1.